The molecule has 2 nitrogen and oxygen atoms in total. The molecular formula is C17H34N2. The van der Waals surface area contributed by atoms with Crippen molar-refractivity contribution in [3.05, 3.63) is 0 Å². The first-order chi connectivity index (χ1) is 9.29. The summed E-state index contributed by atoms with van der Waals surface area (Å²) in [5.41, 5.74) is 0. The van der Waals surface area contributed by atoms with Gasteiger partial charge in [-0.3, -0.25) is 0 Å². The van der Waals surface area contributed by atoms with Gasteiger partial charge >= 0.3 is 0 Å². The Morgan fingerprint density at radius 2 is 1.63 bits per heavy atom. The molecule has 1 saturated heterocycles. The summed E-state index contributed by atoms with van der Waals surface area (Å²) in [7, 11) is 2.36. The summed E-state index contributed by atoms with van der Waals surface area (Å²) in [5.74, 6) is 2.03. The molecule has 0 aromatic rings. The summed E-state index contributed by atoms with van der Waals surface area (Å²) >= 11 is 0. The number of piperidine rings is 1. The largest absolute Gasteiger partial charge is 0.317 e. The topological polar surface area (TPSA) is 15.3 Å². The normalized spacial score (nSPS) is 29.8. The summed E-state index contributed by atoms with van der Waals surface area (Å²) in [4.78, 5) is 2.66. The third-order valence-corrected chi connectivity index (χ3v) is 5.60. The van der Waals surface area contributed by atoms with Crippen LogP contribution in [-0.2, 0) is 0 Å². The van der Waals surface area contributed by atoms with Crippen molar-refractivity contribution in [2.45, 2.75) is 70.8 Å². The van der Waals surface area contributed by atoms with E-state index >= 15 is 0 Å². The lowest BCUT2D eigenvalue weighted by atomic mass is 9.84. The second-order valence-corrected chi connectivity index (χ2v) is 6.90. The molecule has 0 aromatic carbocycles. The van der Waals surface area contributed by atoms with Crippen molar-refractivity contribution in [1.29, 1.82) is 0 Å². The zero-order chi connectivity index (χ0) is 13.5. The molecule has 0 spiro atoms. The van der Waals surface area contributed by atoms with Crippen LogP contribution in [0.3, 0.4) is 0 Å². The van der Waals surface area contributed by atoms with Crippen molar-refractivity contribution in [2.24, 2.45) is 11.8 Å². The van der Waals surface area contributed by atoms with Gasteiger partial charge in [0.05, 0.1) is 0 Å². The van der Waals surface area contributed by atoms with Gasteiger partial charge < -0.3 is 10.2 Å². The Hall–Kier alpha value is -0.0800. The minimum atomic E-state index is 0.885. The fourth-order valence-corrected chi connectivity index (χ4v) is 3.98. The van der Waals surface area contributed by atoms with Crippen LogP contribution >= 0.6 is 0 Å². The Kier molecular flexibility index (Phi) is 6.66. The zero-order valence-electron chi connectivity index (χ0n) is 13.2. The van der Waals surface area contributed by atoms with Gasteiger partial charge in [-0.25, -0.2) is 0 Å². The van der Waals surface area contributed by atoms with E-state index in [1.807, 2.05) is 0 Å². The van der Waals surface area contributed by atoms with Crippen molar-refractivity contribution in [3.63, 3.8) is 0 Å². The summed E-state index contributed by atoms with van der Waals surface area (Å²) < 4.78 is 0. The first-order valence-corrected chi connectivity index (χ1v) is 8.70. The van der Waals surface area contributed by atoms with Crippen molar-refractivity contribution in [2.75, 3.05) is 26.7 Å². The van der Waals surface area contributed by atoms with Crippen LogP contribution in [0.1, 0.15) is 64.7 Å². The summed E-state index contributed by atoms with van der Waals surface area (Å²) in [6.07, 6.45) is 12.9. The molecule has 0 radical (unpaired) electrons. The molecule has 0 aromatic heterocycles. The van der Waals surface area contributed by atoms with Crippen LogP contribution < -0.4 is 5.32 Å². The average molecular weight is 266 g/mol. The minimum Gasteiger partial charge on any atom is -0.317 e. The highest BCUT2D eigenvalue weighted by Crippen LogP contribution is 2.29. The van der Waals surface area contributed by atoms with E-state index in [4.69, 9.17) is 0 Å². The van der Waals surface area contributed by atoms with Gasteiger partial charge in [-0.1, -0.05) is 13.3 Å². The quantitative estimate of drug-likeness (QED) is 0.789. The highest BCUT2D eigenvalue weighted by atomic mass is 15.1. The molecule has 19 heavy (non-hydrogen) atoms. The van der Waals surface area contributed by atoms with Crippen LogP contribution in [0.2, 0.25) is 0 Å². The Balaban J connectivity index is 1.57. The smallest absolute Gasteiger partial charge is 0.00924 e. The van der Waals surface area contributed by atoms with Gasteiger partial charge in [-0.2, -0.15) is 0 Å². The van der Waals surface area contributed by atoms with E-state index in [2.05, 4.69) is 24.2 Å². The van der Waals surface area contributed by atoms with Crippen LogP contribution in [0.25, 0.3) is 0 Å². The maximum Gasteiger partial charge on any atom is 0.00924 e. The molecule has 1 aliphatic heterocycles. The second kappa shape index (κ2) is 8.26. The third kappa shape index (κ3) is 5.07. The minimum absolute atomic E-state index is 0.885. The molecule has 2 fully saturated rings. The van der Waals surface area contributed by atoms with Gasteiger partial charge in [0, 0.05) is 6.04 Å². The van der Waals surface area contributed by atoms with Crippen LogP contribution in [0.15, 0.2) is 0 Å². The van der Waals surface area contributed by atoms with Crippen LogP contribution in [0.4, 0.5) is 0 Å². The standard InChI is InChI=1S/C17H34N2/c1-3-15-6-8-17(9-7-15)19(2)14-4-5-16-10-12-18-13-11-16/h15-18H,3-14H2,1-2H3. The molecule has 0 atom stereocenters. The van der Waals surface area contributed by atoms with Gasteiger partial charge in [-0.15, -0.1) is 0 Å². The monoisotopic (exact) mass is 266 g/mol. The molecule has 1 saturated carbocycles. The Bertz CT molecular complexity index is 227. The van der Waals surface area contributed by atoms with Gasteiger partial charge in [0.2, 0.25) is 0 Å². The van der Waals surface area contributed by atoms with Crippen LogP contribution in [0, 0.1) is 11.8 Å². The van der Waals surface area contributed by atoms with Gasteiger partial charge in [0.25, 0.3) is 0 Å². The van der Waals surface area contributed by atoms with Crippen LogP contribution in [-0.4, -0.2) is 37.6 Å². The van der Waals surface area contributed by atoms with E-state index in [1.165, 1.54) is 77.4 Å². The Morgan fingerprint density at radius 3 is 2.26 bits per heavy atom. The molecule has 0 bridgehead atoms. The molecule has 0 amide bonds. The number of nitrogens with one attached hydrogen (secondary N) is 1. The van der Waals surface area contributed by atoms with Gasteiger partial charge in [0.1, 0.15) is 0 Å². The first kappa shape index (κ1) is 15.3. The molecule has 2 aliphatic rings. The van der Waals surface area contributed by atoms with Gasteiger partial charge in [0.15, 0.2) is 0 Å². The zero-order valence-corrected chi connectivity index (χ0v) is 13.2. The van der Waals surface area contributed by atoms with E-state index < -0.39 is 0 Å². The fourth-order valence-electron chi connectivity index (χ4n) is 3.98. The summed E-state index contributed by atoms with van der Waals surface area (Å²) in [5, 5.41) is 3.46. The summed E-state index contributed by atoms with van der Waals surface area (Å²) in [6.45, 7) is 6.18. The number of nitrogens with zero attached hydrogens (tertiary/aromatic N) is 1. The predicted molar refractivity (Wildman–Crippen MR) is 83.5 cm³/mol. The van der Waals surface area contributed by atoms with Crippen molar-refractivity contribution >= 4 is 0 Å². The highest BCUT2D eigenvalue weighted by Gasteiger charge is 2.23. The lowest BCUT2D eigenvalue weighted by Gasteiger charge is -2.34. The first-order valence-electron chi connectivity index (χ1n) is 8.70. The van der Waals surface area contributed by atoms with E-state index in [9.17, 15) is 0 Å². The van der Waals surface area contributed by atoms with Crippen molar-refractivity contribution in [3.8, 4) is 0 Å². The Morgan fingerprint density at radius 1 is 0.947 bits per heavy atom. The van der Waals surface area contributed by atoms with Gasteiger partial charge in [-0.05, 0) is 89.9 Å². The molecular weight excluding hydrogens is 232 g/mol. The fraction of sp³-hybridized carbons (Fsp3) is 1.00. The molecule has 1 N–H and O–H groups in total. The molecule has 2 rings (SSSR count). The average Bonchev–Trinajstić information content (AvgIpc) is 2.48. The summed E-state index contributed by atoms with van der Waals surface area (Å²) in [6, 6.07) is 0.885. The molecule has 112 valence electrons. The highest BCUT2D eigenvalue weighted by molar-refractivity contribution is 4.78. The lowest BCUT2D eigenvalue weighted by Crippen LogP contribution is -2.36. The maximum atomic E-state index is 3.46. The van der Waals surface area contributed by atoms with Crippen LogP contribution in [0.5, 0.6) is 0 Å². The van der Waals surface area contributed by atoms with E-state index in [-0.39, 0.29) is 0 Å². The number of hydrogen-bond donors (Lipinski definition) is 1. The van der Waals surface area contributed by atoms with E-state index in [0.717, 1.165) is 17.9 Å². The molecule has 1 heterocycles. The van der Waals surface area contributed by atoms with E-state index in [1.54, 1.807) is 0 Å². The van der Waals surface area contributed by atoms with E-state index in [0.29, 0.717) is 0 Å². The lowest BCUT2D eigenvalue weighted by molar-refractivity contribution is 0.158. The molecule has 0 unspecified atom stereocenters. The predicted octanol–water partition coefficient (Wildman–Crippen LogP) is 3.67. The maximum absolute atomic E-state index is 3.46. The molecule has 2 heteroatoms. The number of rotatable bonds is 6. The van der Waals surface area contributed by atoms with Crippen molar-refractivity contribution in [1.82, 2.24) is 10.2 Å². The molecule has 1 aliphatic carbocycles. The van der Waals surface area contributed by atoms with Crippen molar-refractivity contribution < 1.29 is 0 Å². The Labute approximate surface area is 120 Å². The SMILES string of the molecule is CCC1CCC(N(C)CCCC2CCNCC2)CC1. The third-order valence-electron chi connectivity index (χ3n) is 5.60. The second-order valence-electron chi connectivity index (χ2n) is 6.90. The number of hydrogen-bond acceptors (Lipinski definition) is 2.